The van der Waals surface area contributed by atoms with Crippen molar-refractivity contribution in [2.45, 2.75) is 53.7 Å². The molecule has 223 valence electrons. The number of rotatable bonds is 4. The van der Waals surface area contributed by atoms with Crippen LogP contribution in [0.15, 0.2) is 79.1 Å². The Bertz CT molecular complexity index is 1950. The van der Waals surface area contributed by atoms with Crippen molar-refractivity contribution in [1.29, 1.82) is 0 Å². The quantitative estimate of drug-likeness (QED) is 0.132. The van der Waals surface area contributed by atoms with Crippen molar-refractivity contribution >= 4 is 44.9 Å². The molecule has 7 heteroatoms. The minimum Gasteiger partial charge on any atom is -0.305 e. The van der Waals surface area contributed by atoms with E-state index in [1.807, 2.05) is 42.6 Å². The molecule has 0 saturated heterocycles. The molecular weight excluding hydrogens is 746 g/mol. The number of hydrogen-bond acceptors (Lipinski definition) is 4. The Balaban J connectivity index is 0.000000240. The van der Waals surface area contributed by atoms with E-state index in [1.165, 1.54) is 22.7 Å². The van der Waals surface area contributed by atoms with Crippen molar-refractivity contribution < 1.29 is 28.6 Å². The first kappa shape index (κ1) is 28.7. The zero-order chi connectivity index (χ0) is 32.6. The monoisotopic (exact) mass is 785 g/mol. The SMILES string of the molecule is C[Si](C)(C)c1ccc(-c2[c-]cccc2)nc1.[2H]C([2H])([2H])c1ccc2c(n1)sc1c(-c3cc(CC(C)(C)C)c(F)cn3)[c-]ccc12.[Ir]. The molecule has 2 aromatic carbocycles. The molecule has 0 aliphatic heterocycles. The standard InChI is InChI=1S/C22H20FN2S.C14H16NSi.Ir/c1-13-8-9-16-15-6-5-7-17(20(15)26-21(16)25-13)19-10-14(11-22(2,3)4)18(23)12-24-19;1-16(2,3)13-9-10-14(15-11-13)12-7-5-4-6-8-12;/h5-6,8-10,12H,11H2,1-4H3;4-7,9-11H,1-3H3;/q2*-1;/i1D3;;. The second-order valence-electron chi connectivity index (χ2n) is 12.6. The Kier molecular flexibility index (Phi) is 8.85. The van der Waals surface area contributed by atoms with Crippen molar-refractivity contribution in [2.24, 2.45) is 5.41 Å². The number of pyridine rings is 3. The molecule has 1 radical (unpaired) electrons. The summed E-state index contributed by atoms with van der Waals surface area (Å²) in [5.74, 6) is -0.309. The summed E-state index contributed by atoms with van der Waals surface area (Å²) in [6, 6.07) is 27.6. The van der Waals surface area contributed by atoms with Gasteiger partial charge in [-0.15, -0.1) is 59.7 Å². The van der Waals surface area contributed by atoms with Crippen LogP contribution in [-0.4, -0.2) is 23.0 Å². The van der Waals surface area contributed by atoms with Gasteiger partial charge in [-0.25, -0.2) is 9.37 Å². The van der Waals surface area contributed by atoms with Gasteiger partial charge in [-0.3, -0.25) is 0 Å². The van der Waals surface area contributed by atoms with Gasteiger partial charge < -0.3 is 9.97 Å². The smallest absolute Gasteiger partial charge is 0.142 e. The second kappa shape index (κ2) is 13.3. The van der Waals surface area contributed by atoms with Crippen LogP contribution < -0.4 is 5.19 Å². The molecule has 0 unspecified atom stereocenters. The molecule has 0 bridgehead atoms. The number of thiophene rings is 1. The van der Waals surface area contributed by atoms with Crippen LogP contribution in [0, 0.1) is 30.2 Å². The number of aryl methyl sites for hydroxylation is 1. The van der Waals surface area contributed by atoms with Crippen molar-refractivity contribution in [3.8, 4) is 22.5 Å². The summed E-state index contributed by atoms with van der Waals surface area (Å²) >= 11 is 1.41. The third-order valence-electron chi connectivity index (χ3n) is 6.82. The molecule has 6 rings (SSSR count). The van der Waals surface area contributed by atoms with Crippen molar-refractivity contribution in [3.63, 3.8) is 0 Å². The second-order valence-corrected chi connectivity index (χ2v) is 18.7. The zero-order valence-corrected chi connectivity index (χ0v) is 29.4. The Morgan fingerprint density at radius 1 is 0.907 bits per heavy atom. The summed E-state index contributed by atoms with van der Waals surface area (Å²) in [4.78, 5) is 13.8. The first-order valence-corrected chi connectivity index (χ1v) is 18.2. The molecule has 0 aliphatic rings. The van der Waals surface area contributed by atoms with Gasteiger partial charge in [0.05, 0.1) is 14.3 Å². The topological polar surface area (TPSA) is 38.7 Å². The van der Waals surface area contributed by atoms with E-state index in [1.54, 1.807) is 18.2 Å². The van der Waals surface area contributed by atoms with E-state index in [0.717, 1.165) is 32.3 Å². The molecule has 0 N–H and O–H groups in total. The maximum atomic E-state index is 14.3. The van der Waals surface area contributed by atoms with E-state index in [0.29, 0.717) is 22.5 Å². The molecule has 0 amide bonds. The molecule has 0 spiro atoms. The van der Waals surface area contributed by atoms with Crippen LogP contribution in [0.4, 0.5) is 4.39 Å². The minimum atomic E-state index is -2.25. The van der Waals surface area contributed by atoms with Gasteiger partial charge in [0.1, 0.15) is 10.6 Å². The van der Waals surface area contributed by atoms with Crippen LogP contribution >= 0.6 is 11.3 Å². The summed E-state index contributed by atoms with van der Waals surface area (Å²) in [6.07, 6.45) is 3.88. The molecule has 4 aromatic heterocycles. The van der Waals surface area contributed by atoms with Crippen LogP contribution in [0.25, 0.3) is 42.8 Å². The zero-order valence-electron chi connectivity index (χ0n) is 28.2. The predicted octanol–water partition coefficient (Wildman–Crippen LogP) is 9.44. The van der Waals surface area contributed by atoms with E-state index in [4.69, 9.17) is 4.11 Å². The maximum absolute atomic E-state index is 14.3. The third kappa shape index (κ3) is 7.90. The predicted molar refractivity (Wildman–Crippen MR) is 179 cm³/mol. The number of nitrogens with zero attached hydrogens (tertiary/aromatic N) is 3. The fraction of sp³-hybridized carbons (Fsp3) is 0.250. The van der Waals surface area contributed by atoms with E-state index in [-0.39, 0.29) is 37.0 Å². The molecule has 3 nitrogen and oxygen atoms in total. The van der Waals surface area contributed by atoms with Crippen molar-refractivity contribution in [2.75, 3.05) is 0 Å². The maximum Gasteiger partial charge on any atom is 0.142 e. The van der Waals surface area contributed by atoms with Crippen LogP contribution in [0.1, 0.15) is 36.1 Å². The summed E-state index contributed by atoms with van der Waals surface area (Å²) < 4.78 is 38.0. The first-order valence-electron chi connectivity index (χ1n) is 15.4. The number of halogens is 1. The third-order valence-corrected chi connectivity index (χ3v) is 9.99. The molecule has 6 aromatic rings. The molecule has 0 fully saturated rings. The molecule has 4 heterocycles. The molecule has 0 aliphatic carbocycles. The van der Waals surface area contributed by atoms with Crippen LogP contribution in [0.5, 0.6) is 0 Å². The normalized spacial score (nSPS) is 13.0. The van der Waals surface area contributed by atoms with E-state index >= 15 is 0 Å². The fourth-order valence-corrected chi connectivity index (χ4v) is 6.90. The van der Waals surface area contributed by atoms with Crippen LogP contribution in [0.3, 0.4) is 0 Å². The Morgan fingerprint density at radius 3 is 2.35 bits per heavy atom. The van der Waals surface area contributed by atoms with Crippen molar-refractivity contribution in [1.82, 2.24) is 15.0 Å². The average molecular weight is 785 g/mol. The Morgan fingerprint density at radius 2 is 1.70 bits per heavy atom. The van der Waals surface area contributed by atoms with Gasteiger partial charge in [-0.2, -0.15) is 11.3 Å². The van der Waals surface area contributed by atoms with Crippen LogP contribution in [-0.2, 0) is 26.5 Å². The number of fused-ring (bicyclic) bond motifs is 3. The largest absolute Gasteiger partial charge is 0.305 e. The summed E-state index contributed by atoms with van der Waals surface area (Å²) in [5.41, 5.74) is 4.14. The van der Waals surface area contributed by atoms with Crippen LogP contribution in [0.2, 0.25) is 19.6 Å². The van der Waals surface area contributed by atoms with E-state index in [9.17, 15) is 4.39 Å². The van der Waals surface area contributed by atoms with Crippen molar-refractivity contribution in [3.05, 3.63) is 108 Å². The molecule has 0 saturated carbocycles. The molecule has 43 heavy (non-hydrogen) atoms. The minimum absolute atomic E-state index is 0. The van der Waals surface area contributed by atoms with Gasteiger partial charge in [0.25, 0.3) is 0 Å². The Labute approximate surface area is 277 Å². The molecular formula is C36H36FIrN3SSi-2. The van der Waals surface area contributed by atoms with Gasteiger partial charge in [0.15, 0.2) is 0 Å². The van der Waals surface area contributed by atoms with E-state index < -0.39 is 14.9 Å². The van der Waals surface area contributed by atoms with E-state index in [2.05, 4.69) is 79.6 Å². The number of benzene rings is 2. The summed E-state index contributed by atoms with van der Waals surface area (Å²) in [5, 5.41) is 3.25. The van der Waals surface area contributed by atoms with Gasteiger partial charge in [-0.1, -0.05) is 70.1 Å². The number of hydrogen-bond donors (Lipinski definition) is 0. The van der Waals surface area contributed by atoms with Gasteiger partial charge >= 0.3 is 0 Å². The van der Waals surface area contributed by atoms with Gasteiger partial charge in [0.2, 0.25) is 0 Å². The average Bonchev–Trinajstić information content (AvgIpc) is 3.36. The summed E-state index contributed by atoms with van der Waals surface area (Å²) in [6.45, 7) is 11.0. The number of aromatic nitrogens is 3. The first-order chi connectivity index (χ1) is 21.1. The van der Waals surface area contributed by atoms with Gasteiger partial charge in [-0.05, 0) is 57.0 Å². The fourth-order valence-electron chi connectivity index (χ4n) is 4.69. The molecule has 0 atom stereocenters. The Hall–Kier alpha value is -3.09. The van der Waals surface area contributed by atoms with Gasteiger partial charge in [0, 0.05) is 36.1 Å². The summed E-state index contributed by atoms with van der Waals surface area (Å²) in [7, 11) is -1.23.